The molecule has 54 heavy (non-hydrogen) atoms. The van der Waals surface area contributed by atoms with Gasteiger partial charge in [-0.25, -0.2) is 0 Å². The van der Waals surface area contributed by atoms with Crippen molar-refractivity contribution in [2.45, 2.75) is 74.2 Å². The highest BCUT2D eigenvalue weighted by Crippen LogP contribution is 2.60. The summed E-state index contributed by atoms with van der Waals surface area (Å²) in [6.07, 6.45) is 3.76. The Kier molecular flexibility index (Phi) is 12.2. The van der Waals surface area contributed by atoms with Gasteiger partial charge in [-0.2, -0.15) is 0 Å². The number of esters is 1. The second-order valence-corrected chi connectivity index (χ2v) is 15.6. The summed E-state index contributed by atoms with van der Waals surface area (Å²) in [7, 11) is 0. The molecule has 0 radical (unpaired) electrons. The van der Waals surface area contributed by atoms with Crippen molar-refractivity contribution in [3.05, 3.63) is 126 Å². The van der Waals surface area contributed by atoms with Crippen LogP contribution in [0, 0.1) is 25.7 Å². The van der Waals surface area contributed by atoms with E-state index in [2.05, 4.69) is 34.4 Å². The van der Waals surface area contributed by atoms with Gasteiger partial charge in [-0.15, -0.1) is 13.2 Å². The Morgan fingerprint density at radius 2 is 1.78 bits per heavy atom. The number of ether oxygens (including phenoxy) is 2. The number of hydrogen-bond donors (Lipinski definition) is 2. The van der Waals surface area contributed by atoms with E-state index < -0.39 is 66.1 Å². The Bertz CT molecular complexity index is 1870. The van der Waals surface area contributed by atoms with E-state index in [4.69, 9.17) is 9.47 Å². The molecule has 3 aliphatic heterocycles. The van der Waals surface area contributed by atoms with Crippen LogP contribution in [0.15, 0.2) is 104 Å². The second-order valence-electron chi connectivity index (χ2n) is 14.4. The third-order valence-corrected chi connectivity index (χ3v) is 11.7. The summed E-state index contributed by atoms with van der Waals surface area (Å²) in [5.74, 6) is -3.67. The number of nitrogens with one attached hydrogen (secondary N) is 1. The van der Waals surface area contributed by atoms with Gasteiger partial charge in [-0.05, 0) is 61.4 Å². The first-order valence-corrected chi connectivity index (χ1v) is 19.4. The summed E-state index contributed by atoms with van der Waals surface area (Å²) in [6, 6.07) is 21.9. The molecular weight excluding hydrogens is 750 g/mol. The summed E-state index contributed by atoms with van der Waals surface area (Å²) < 4.78 is 12.4. The van der Waals surface area contributed by atoms with E-state index in [1.807, 2.05) is 92.7 Å². The van der Waals surface area contributed by atoms with E-state index in [-0.39, 0.29) is 36.7 Å². The van der Waals surface area contributed by atoms with Gasteiger partial charge in [0.15, 0.2) is 0 Å². The van der Waals surface area contributed by atoms with Crippen LogP contribution in [0.4, 0.5) is 5.69 Å². The summed E-state index contributed by atoms with van der Waals surface area (Å²) in [5, 5.41) is 14.0. The first kappa shape index (κ1) is 39.1. The molecule has 1 spiro atoms. The molecular formula is C43H48BrN3O7. The first-order chi connectivity index (χ1) is 26.0. The lowest BCUT2D eigenvalue weighted by atomic mass is 9.70. The van der Waals surface area contributed by atoms with Crippen LogP contribution in [0.2, 0.25) is 0 Å². The van der Waals surface area contributed by atoms with E-state index >= 15 is 9.59 Å². The van der Waals surface area contributed by atoms with Crippen LogP contribution >= 0.6 is 15.9 Å². The predicted molar refractivity (Wildman–Crippen MR) is 210 cm³/mol. The van der Waals surface area contributed by atoms with Crippen LogP contribution in [0.25, 0.3) is 0 Å². The number of anilines is 1. The third-order valence-electron chi connectivity index (χ3n) is 10.9. The Morgan fingerprint density at radius 3 is 2.44 bits per heavy atom. The fourth-order valence-corrected chi connectivity index (χ4v) is 9.36. The van der Waals surface area contributed by atoms with Crippen LogP contribution < -0.4 is 10.2 Å². The maximum atomic E-state index is 15.3. The highest BCUT2D eigenvalue weighted by Gasteiger charge is 2.77. The average molecular weight is 799 g/mol. The van der Waals surface area contributed by atoms with E-state index in [0.29, 0.717) is 18.5 Å². The number of amides is 3. The quantitative estimate of drug-likeness (QED) is 0.111. The van der Waals surface area contributed by atoms with E-state index in [9.17, 15) is 14.7 Å². The summed E-state index contributed by atoms with van der Waals surface area (Å²) in [6.45, 7) is 11.1. The molecule has 2 N–H and O–H groups in total. The molecule has 8 atom stereocenters. The van der Waals surface area contributed by atoms with Gasteiger partial charge < -0.3 is 29.7 Å². The Hall–Kier alpha value is -4.58. The number of fused-ring (bicyclic) bond motifs is 1. The summed E-state index contributed by atoms with van der Waals surface area (Å²) >= 11 is 3.78. The largest absolute Gasteiger partial charge is 0.463 e. The number of carbonyl (C=O) groups is 4. The molecule has 1 unspecified atom stereocenters. The molecule has 3 aromatic carbocycles. The van der Waals surface area contributed by atoms with Crippen LogP contribution in [0.1, 0.15) is 47.6 Å². The highest BCUT2D eigenvalue weighted by atomic mass is 79.9. The average Bonchev–Trinajstić information content (AvgIpc) is 3.78. The van der Waals surface area contributed by atoms with Crippen LogP contribution in [-0.4, -0.2) is 82.1 Å². The van der Waals surface area contributed by atoms with Gasteiger partial charge in [0.2, 0.25) is 11.8 Å². The number of nitrogens with zero attached hydrogens (tertiary/aromatic N) is 2. The molecule has 3 saturated heterocycles. The van der Waals surface area contributed by atoms with Crippen molar-refractivity contribution < 1.29 is 33.8 Å². The zero-order valence-electron chi connectivity index (χ0n) is 30.7. The van der Waals surface area contributed by atoms with Crippen molar-refractivity contribution in [2.24, 2.45) is 11.8 Å². The minimum atomic E-state index is -1.38. The van der Waals surface area contributed by atoms with Crippen molar-refractivity contribution >= 4 is 45.3 Å². The van der Waals surface area contributed by atoms with Crippen LogP contribution in [0.5, 0.6) is 0 Å². The predicted octanol–water partition coefficient (Wildman–Crippen LogP) is 5.54. The fourth-order valence-electron chi connectivity index (χ4n) is 8.41. The Labute approximate surface area is 325 Å². The molecule has 3 aromatic rings. The fraction of sp³-hybridized carbons (Fsp3) is 0.395. The van der Waals surface area contributed by atoms with Gasteiger partial charge in [0.25, 0.3) is 5.91 Å². The number of alkyl halides is 1. The Morgan fingerprint density at radius 1 is 1.07 bits per heavy atom. The first-order valence-electron chi connectivity index (χ1n) is 18.4. The molecule has 2 bridgehead atoms. The molecule has 6 rings (SSSR count). The lowest BCUT2D eigenvalue weighted by Gasteiger charge is -2.39. The number of rotatable bonds is 16. The SMILES string of the molecule is C=CCCC(=O)OC[C@@H](NC(=O)[C@H]1[C@@H]2O[C@@]3(CC2Br)[C@@H]1C(=O)N([C@@H](CO)Cc1ccccc1)[C@@H]3C(=O)N(CC=C)c1cc(C)ccc1C)c1ccccc1. The lowest BCUT2D eigenvalue weighted by Crippen LogP contribution is -2.59. The third kappa shape index (κ3) is 7.54. The molecule has 284 valence electrons. The van der Waals surface area contributed by atoms with Gasteiger partial charge >= 0.3 is 5.97 Å². The van der Waals surface area contributed by atoms with Crippen molar-refractivity contribution in [3.63, 3.8) is 0 Å². The zero-order chi connectivity index (χ0) is 38.6. The smallest absolute Gasteiger partial charge is 0.306 e. The van der Waals surface area contributed by atoms with Gasteiger partial charge in [0, 0.05) is 23.5 Å². The van der Waals surface area contributed by atoms with E-state index in [1.54, 1.807) is 17.1 Å². The summed E-state index contributed by atoms with van der Waals surface area (Å²) in [4.78, 5) is 60.3. The van der Waals surface area contributed by atoms with Crippen molar-refractivity contribution in [1.29, 1.82) is 0 Å². The van der Waals surface area contributed by atoms with Crippen molar-refractivity contribution in [3.8, 4) is 0 Å². The second kappa shape index (κ2) is 16.8. The van der Waals surface area contributed by atoms with Crippen molar-refractivity contribution in [2.75, 3.05) is 24.7 Å². The Balaban J connectivity index is 1.40. The minimum absolute atomic E-state index is 0.116. The van der Waals surface area contributed by atoms with Crippen molar-refractivity contribution in [1.82, 2.24) is 10.2 Å². The highest BCUT2D eigenvalue weighted by molar-refractivity contribution is 9.09. The monoisotopic (exact) mass is 797 g/mol. The lowest BCUT2D eigenvalue weighted by molar-refractivity contribution is -0.146. The van der Waals surface area contributed by atoms with Gasteiger partial charge in [-0.1, -0.05) is 101 Å². The number of aliphatic hydroxyl groups is 1. The number of halogens is 1. The standard InChI is InChI=1S/C43H48BrN3O7/c1-5-7-18-35(49)53-26-33(30-16-12-9-13-17-30)45-40(50)36-37-41(51)47(31(25-48)23-29-14-10-8-11-15-29)39(43(37)24-32(44)38(36)54-43)42(52)46(21-6-2)34-22-27(3)19-20-28(34)4/h5-6,8-17,19-20,22,31-33,36-39,48H,1-2,7,18,21,23-26H2,3-4H3,(H,45,50)/t31-,32?,33-,36-,37+,38-,39-,43+/m1/s1. The maximum absolute atomic E-state index is 15.3. The maximum Gasteiger partial charge on any atom is 0.306 e. The number of aryl methyl sites for hydroxylation is 2. The van der Waals surface area contributed by atoms with Crippen LogP contribution in [0.3, 0.4) is 0 Å². The van der Waals surface area contributed by atoms with E-state index in [0.717, 1.165) is 22.3 Å². The number of likely N-dealkylation sites (tertiary alicyclic amines) is 1. The number of carbonyl (C=O) groups excluding carboxylic acids is 4. The molecule has 10 nitrogen and oxygen atoms in total. The molecule has 3 fully saturated rings. The normalized spacial score (nSPS) is 25.1. The number of aliphatic hydroxyl groups excluding tert-OH is 1. The van der Waals surface area contributed by atoms with Crippen LogP contribution in [-0.2, 0) is 35.1 Å². The molecule has 0 aromatic heterocycles. The van der Waals surface area contributed by atoms with E-state index in [1.165, 1.54) is 4.90 Å². The number of hydrogen-bond acceptors (Lipinski definition) is 7. The number of benzene rings is 3. The summed E-state index contributed by atoms with van der Waals surface area (Å²) in [5.41, 5.74) is 2.74. The molecule has 0 saturated carbocycles. The number of allylic oxidation sites excluding steroid dienone is 1. The molecule has 3 heterocycles. The molecule has 11 heteroatoms. The molecule has 3 aliphatic rings. The minimum Gasteiger partial charge on any atom is -0.463 e. The van der Waals surface area contributed by atoms with Gasteiger partial charge in [-0.3, -0.25) is 19.2 Å². The topological polar surface area (TPSA) is 125 Å². The molecule has 3 amide bonds. The van der Waals surface area contributed by atoms with Gasteiger partial charge in [0.1, 0.15) is 18.2 Å². The zero-order valence-corrected chi connectivity index (χ0v) is 32.3. The van der Waals surface area contributed by atoms with Gasteiger partial charge in [0.05, 0.1) is 36.6 Å². The molecule has 0 aliphatic carbocycles.